The zero-order valence-corrected chi connectivity index (χ0v) is 17.8. The molecular weight excluding hydrogens is 328 g/mol. The van der Waals surface area contributed by atoms with Crippen LogP contribution >= 0.6 is 0 Å². The van der Waals surface area contributed by atoms with Crippen LogP contribution < -0.4 is 4.74 Å². The summed E-state index contributed by atoms with van der Waals surface area (Å²) in [7, 11) is -1.59. The van der Waals surface area contributed by atoms with Gasteiger partial charge in [-0.25, -0.2) is 0 Å². The second-order valence-corrected chi connectivity index (χ2v) is 13.4. The highest BCUT2D eigenvalue weighted by molar-refractivity contribution is 6.74. The molecule has 3 nitrogen and oxygen atoms in total. The molecule has 0 saturated carbocycles. The average molecular weight is 365 g/mol. The highest BCUT2D eigenvalue weighted by Gasteiger charge is 2.36. The van der Waals surface area contributed by atoms with Crippen LogP contribution in [0.4, 0.5) is 0 Å². The fourth-order valence-electron chi connectivity index (χ4n) is 2.67. The van der Waals surface area contributed by atoms with Crippen LogP contribution in [0.25, 0.3) is 0 Å². The molecular formula is C21H36O3Si. The second-order valence-electron chi connectivity index (χ2n) is 8.62. The summed E-state index contributed by atoms with van der Waals surface area (Å²) in [5.41, 5.74) is 1.37. The van der Waals surface area contributed by atoms with Gasteiger partial charge in [0.1, 0.15) is 5.75 Å². The van der Waals surface area contributed by atoms with Gasteiger partial charge in [-0.3, -0.25) is 0 Å². The lowest BCUT2D eigenvalue weighted by Gasteiger charge is -2.36. The maximum Gasteiger partial charge on any atom is 0.199 e. The van der Waals surface area contributed by atoms with E-state index in [9.17, 15) is 0 Å². The van der Waals surface area contributed by atoms with Crippen LogP contribution in [0.1, 0.15) is 58.4 Å². The first kappa shape index (κ1) is 20.5. The maximum atomic E-state index is 6.24. The number of unbranched alkanes of at least 4 members (excludes halogenated alkanes) is 1. The molecule has 1 unspecified atom stereocenters. The molecule has 1 aliphatic heterocycles. The molecule has 0 aliphatic carbocycles. The predicted molar refractivity (Wildman–Crippen MR) is 107 cm³/mol. The highest BCUT2D eigenvalue weighted by atomic mass is 28.4. The molecule has 1 saturated heterocycles. The number of aryl methyl sites for hydroxylation is 1. The molecule has 0 aromatic heterocycles. The quantitative estimate of drug-likeness (QED) is 0.422. The Balaban J connectivity index is 1.66. The lowest BCUT2D eigenvalue weighted by Crippen LogP contribution is -2.40. The zero-order chi connectivity index (χ0) is 18.3. The van der Waals surface area contributed by atoms with Gasteiger partial charge < -0.3 is 13.9 Å². The van der Waals surface area contributed by atoms with Crippen molar-refractivity contribution in [3.63, 3.8) is 0 Å². The maximum absolute atomic E-state index is 6.24. The Hall–Kier alpha value is -0.843. The lowest BCUT2D eigenvalue weighted by molar-refractivity contribution is -0.105. The minimum atomic E-state index is -1.59. The summed E-state index contributed by atoms with van der Waals surface area (Å²) in [5, 5.41) is 0.297. The van der Waals surface area contributed by atoms with E-state index in [1.807, 2.05) is 0 Å². The van der Waals surface area contributed by atoms with Gasteiger partial charge in [-0.05, 0) is 67.9 Å². The van der Waals surface area contributed by atoms with Gasteiger partial charge in [0.05, 0.1) is 6.61 Å². The van der Waals surface area contributed by atoms with Crippen LogP contribution in [0.15, 0.2) is 24.3 Å². The van der Waals surface area contributed by atoms with E-state index in [0.717, 1.165) is 44.6 Å². The molecule has 0 radical (unpaired) electrons. The van der Waals surface area contributed by atoms with Crippen molar-refractivity contribution in [1.82, 2.24) is 0 Å². The highest BCUT2D eigenvalue weighted by Crippen LogP contribution is 2.36. The smallest absolute Gasteiger partial charge is 0.199 e. The first-order valence-electron chi connectivity index (χ1n) is 9.79. The van der Waals surface area contributed by atoms with Gasteiger partial charge in [-0.1, -0.05) is 32.9 Å². The zero-order valence-electron chi connectivity index (χ0n) is 16.8. The summed E-state index contributed by atoms with van der Waals surface area (Å²) in [6.45, 7) is 13.2. The Labute approximate surface area is 155 Å². The van der Waals surface area contributed by atoms with Crippen molar-refractivity contribution < 1.29 is 13.9 Å². The van der Waals surface area contributed by atoms with Crippen LogP contribution in [0, 0.1) is 0 Å². The Morgan fingerprint density at radius 2 is 1.80 bits per heavy atom. The van der Waals surface area contributed by atoms with Gasteiger partial charge in [-0.15, -0.1) is 0 Å². The summed E-state index contributed by atoms with van der Waals surface area (Å²) < 4.78 is 17.7. The van der Waals surface area contributed by atoms with Crippen LogP contribution in [-0.2, 0) is 15.6 Å². The molecule has 0 spiro atoms. The van der Waals surface area contributed by atoms with E-state index in [4.69, 9.17) is 13.9 Å². The first-order chi connectivity index (χ1) is 11.8. The molecule has 1 fully saturated rings. The Bertz CT molecular complexity index is 499. The molecule has 1 aromatic carbocycles. The summed E-state index contributed by atoms with van der Waals surface area (Å²) in [5.74, 6) is 0.914. The van der Waals surface area contributed by atoms with E-state index in [2.05, 4.69) is 58.1 Å². The third-order valence-electron chi connectivity index (χ3n) is 5.46. The van der Waals surface area contributed by atoms with E-state index >= 15 is 0 Å². The van der Waals surface area contributed by atoms with E-state index < -0.39 is 8.32 Å². The molecule has 0 N–H and O–H groups in total. The molecule has 1 heterocycles. The van der Waals surface area contributed by atoms with Gasteiger partial charge >= 0.3 is 0 Å². The van der Waals surface area contributed by atoms with E-state index in [-0.39, 0.29) is 6.29 Å². The number of ether oxygens (including phenoxy) is 2. The molecule has 1 atom stereocenters. The van der Waals surface area contributed by atoms with Crippen LogP contribution in [0.3, 0.4) is 0 Å². The van der Waals surface area contributed by atoms with Crippen LogP contribution in [-0.4, -0.2) is 27.8 Å². The predicted octanol–water partition coefficient (Wildman–Crippen LogP) is 5.94. The monoisotopic (exact) mass is 364 g/mol. The molecule has 142 valence electrons. The summed E-state index contributed by atoms with van der Waals surface area (Å²) in [6.07, 6.45) is 6.67. The van der Waals surface area contributed by atoms with Gasteiger partial charge in [0, 0.05) is 13.0 Å². The molecule has 1 aromatic rings. The Morgan fingerprint density at radius 1 is 1.08 bits per heavy atom. The van der Waals surface area contributed by atoms with E-state index in [0.29, 0.717) is 5.04 Å². The van der Waals surface area contributed by atoms with Gasteiger partial charge in [0.2, 0.25) is 0 Å². The number of rotatable bonds is 8. The fraction of sp³-hybridized carbons (Fsp3) is 0.714. The minimum Gasteiger partial charge on any atom is -0.465 e. The summed E-state index contributed by atoms with van der Waals surface area (Å²) in [6, 6.07) is 8.48. The van der Waals surface area contributed by atoms with Crippen molar-refractivity contribution in [2.24, 2.45) is 0 Å². The van der Waals surface area contributed by atoms with Crippen LogP contribution in [0.5, 0.6) is 5.75 Å². The van der Waals surface area contributed by atoms with Gasteiger partial charge in [0.15, 0.2) is 14.6 Å². The van der Waals surface area contributed by atoms with Crippen molar-refractivity contribution in [3.8, 4) is 5.75 Å². The largest absolute Gasteiger partial charge is 0.465 e. The van der Waals surface area contributed by atoms with E-state index in [1.54, 1.807) is 0 Å². The van der Waals surface area contributed by atoms with E-state index in [1.165, 1.54) is 18.4 Å². The molecule has 1 aliphatic rings. The summed E-state index contributed by atoms with van der Waals surface area (Å²) in [4.78, 5) is 0. The van der Waals surface area contributed by atoms with Crippen molar-refractivity contribution in [2.75, 3.05) is 13.2 Å². The van der Waals surface area contributed by atoms with Crippen molar-refractivity contribution >= 4 is 8.32 Å². The molecule has 25 heavy (non-hydrogen) atoms. The third-order valence-corrected chi connectivity index (χ3v) is 10.00. The first-order valence-corrected chi connectivity index (χ1v) is 12.7. The lowest BCUT2D eigenvalue weighted by atomic mass is 10.1. The molecule has 4 heteroatoms. The topological polar surface area (TPSA) is 27.7 Å². The molecule has 0 amide bonds. The Kier molecular flexibility index (Phi) is 7.53. The van der Waals surface area contributed by atoms with Crippen molar-refractivity contribution in [1.29, 1.82) is 0 Å². The SMILES string of the molecule is CC(C)(C)[Si](C)(C)OCCCCc1ccc(OC2CCCCO2)cc1. The second kappa shape index (κ2) is 9.20. The third kappa shape index (κ3) is 6.76. The standard InChI is InChI=1S/C21H36O3Si/c1-21(2,3)25(4,5)23-17-9-6-10-18-12-14-19(15-13-18)24-20-11-7-8-16-22-20/h12-15,20H,6-11,16-17H2,1-5H3. The molecule has 2 rings (SSSR count). The van der Waals surface area contributed by atoms with Crippen molar-refractivity contribution in [3.05, 3.63) is 29.8 Å². The average Bonchev–Trinajstić information content (AvgIpc) is 2.56. The normalized spacial score (nSPS) is 19.0. The number of hydrogen-bond donors (Lipinski definition) is 0. The summed E-state index contributed by atoms with van der Waals surface area (Å²) >= 11 is 0. The fourth-order valence-corrected chi connectivity index (χ4v) is 3.75. The van der Waals surface area contributed by atoms with Gasteiger partial charge in [-0.2, -0.15) is 0 Å². The molecule has 0 bridgehead atoms. The minimum absolute atomic E-state index is 0.0629. The number of benzene rings is 1. The van der Waals surface area contributed by atoms with Crippen molar-refractivity contribution in [2.45, 2.75) is 83.7 Å². The number of hydrogen-bond acceptors (Lipinski definition) is 3. The van der Waals surface area contributed by atoms with Gasteiger partial charge in [0.25, 0.3) is 0 Å². The van der Waals surface area contributed by atoms with Crippen LogP contribution in [0.2, 0.25) is 18.1 Å². The Morgan fingerprint density at radius 3 is 2.40 bits per heavy atom.